The van der Waals surface area contributed by atoms with Gasteiger partial charge in [0.05, 0.1) is 23.1 Å². The van der Waals surface area contributed by atoms with E-state index in [9.17, 15) is 9.59 Å². The zero-order valence-corrected chi connectivity index (χ0v) is 17.2. The van der Waals surface area contributed by atoms with Crippen LogP contribution in [-0.4, -0.2) is 50.7 Å². The molecule has 2 aromatic rings. The van der Waals surface area contributed by atoms with Gasteiger partial charge < -0.3 is 20.3 Å². The number of benzene rings is 1. The van der Waals surface area contributed by atoms with E-state index >= 15 is 0 Å². The van der Waals surface area contributed by atoms with E-state index in [4.69, 9.17) is 4.74 Å². The summed E-state index contributed by atoms with van der Waals surface area (Å²) in [5.74, 6) is -0.385. The number of carbonyl (C=O) groups is 2. The lowest BCUT2D eigenvalue weighted by Gasteiger charge is -2.28. The van der Waals surface area contributed by atoms with Gasteiger partial charge in [-0.25, -0.2) is 0 Å². The molecular formula is C21H27N3O3S. The van der Waals surface area contributed by atoms with Gasteiger partial charge in [-0.05, 0) is 25.0 Å². The molecule has 2 heterocycles. The molecule has 0 radical (unpaired) electrons. The van der Waals surface area contributed by atoms with Crippen LogP contribution in [0.5, 0.6) is 0 Å². The molecule has 1 fully saturated rings. The zero-order valence-electron chi connectivity index (χ0n) is 16.4. The van der Waals surface area contributed by atoms with Crippen LogP contribution >= 0.6 is 11.3 Å². The number of hydrogen-bond acceptors (Lipinski definition) is 5. The number of rotatable bonds is 7. The van der Waals surface area contributed by atoms with Gasteiger partial charge in [0.2, 0.25) is 5.91 Å². The molecule has 1 aromatic carbocycles. The van der Waals surface area contributed by atoms with Crippen LogP contribution < -0.4 is 15.5 Å². The minimum atomic E-state index is -0.576. The molecular weight excluding hydrogens is 374 g/mol. The zero-order chi connectivity index (χ0) is 19.9. The Hall–Kier alpha value is -2.38. The normalized spacial score (nSPS) is 15.1. The van der Waals surface area contributed by atoms with E-state index in [1.165, 1.54) is 11.3 Å². The molecule has 2 amide bonds. The van der Waals surface area contributed by atoms with Crippen molar-refractivity contribution in [3.63, 3.8) is 0 Å². The average molecular weight is 402 g/mol. The van der Waals surface area contributed by atoms with Crippen molar-refractivity contribution in [2.75, 3.05) is 37.7 Å². The summed E-state index contributed by atoms with van der Waals surface area (Å²) in [5.41, 5.74) is 2.12. The summed E-state index contributed by atoms with van der Waals surface area (Å²) in [7, 11) is 0. The minimum Gasteiger partial charge on any atom is -0.378 e. The number of anilines is 1. The Labute approximate surface area is 169 Å². The average Bonchev–Trinajstić information content (AvgIpc) is 3.19. The molecule has 2 N–H and O–H groups in total. The Morgan fingerprint density at radius 2 is 1.93 bits per heavy atom. The van der Waals surface area contributed by atoms with E-state index in [-0.39, 0.29) is 11.8 Å². The van der Waals surface area contributed by atoms with Gasteiger partial charge in [-0.2, -0.15) is 0 Å². The molecule has 1 aromatic heterocycles. The maximum atomic E-state index is 12.8. The van der Waals surface area contributed by atoms with E-state index in [1.807, 2.05) is 31.2 Å². The van der Waals surface area contributed by atoms with Crippen molar-refractivity contribution in [2.45, 2.75) is 26.3 Å². The van der Waals surface area contributed by atoms with Gasteiger partial charge in [-0.15, -0.1) is 11.3 Å². The fourth-order valence-electron chi connectivity index (χ4n) is 3.05. The summed E-state index contributed by atoms with van der Waals surface area (Å²) in [5, 5.41) is 6.70. The minimum absolute atomic E-state index is 0.163. The van der Waals surface area contributed by atoms with Crippen LogP contribution in [0.2, 0.25) is 0 Å². The van der Waals surface area contributed by atoms with Gasteiger partial charge in [0.25, 0.3) is 5.91 Å². The molecule has 3 rings (SSSR count). The second-order valence-corrected chi connectivity index (χ2v) is 7.81. The Balaban J connectivity index is 1.82. The van der Waals surface area contributed by atoms with E-state index in [0.29, 0.717) is 24.6 Å². The maximum absolute atomic E-state index is 12.8. The number of hydrogen-bond donors (Lipinski definition) is 2. The number of carbonyl (C=O) groups excluding carboxylic acids is 2. The first-order valence-electron chi connectivity index (χ1n) is 9.70. The first-order valence-corrected chi connectivity index (χ1v) is 10.5. The predicted molar refractivity (Wildman–Crippen MR) is 113 cm³/mol. The number of ether oxygens (including phenoxy) is 1. The summed E-state index contributed by atoms with van der Waals surface area (Å²) >= 11 is 1.47. The van der Waals surface area contributed by atoms with Crippen LogP contribution in [0, 0.1) is 0 Å². The Kier molecular flexibility index (Phi) is 7.06. The highest BCUT2D eigenvalue weighted by molar-refractivity contribution is 7.18. The first-order chi connectivity index (χ1) is 13.6. The fraction of sp³-hybridized carbons (Fsp3) is 0.429. The third kappa shape index (κ3) is 4.91. The Morgan fingerprint density at radius 3 is 2.61 bits per heavy atom. The fourth-order valence-corrected chi connectivity index (χ4v) is 4.19. The number of morpholine rings is 1. The lowest BCUT2D eigenvalue weighted by molar-refractivity contribution is -0.122. The highest BCUT2D eigenvalue weighted by Crippen LogP contribution is 2.39. The summed E-state index contributed by atoms with van der Waals surface area (Å²) in [4.78, 5) is 27.7. The number of amides is 2. The second kappa shape index (κ2) is 9.71. The van der Waals surface area contributed by atoms with Gasteiger partial charge in [0.1, 0.15) is 6.04 Å². The monoisotopic (exact) mass is 401 g/mol. The van der Waals surface area contributed by atoms with Crippen molar-refractivity contribution < 1.29 is 14.3 Å². The maximum Gasteiger partial charge on any atom is 0.262 e. The topological polar surface area (TPSA) is 70.7 Å². The van der Waals surface area contributed by atoms with Crippen LogP contribution in [0.4, 0.5) is 5.00 Å². The molecule has 1 aliphatic heterocycles. The molecule has 7 heteroatoms. The third-order valence-corrected chi connectivity index (χ3v) is 5.80. The van der Waals surface area contributed by atoms with Crippen LogP contribution in [0.1, 0.15) is 29.9 Å². The lowest BCUT2D eigenvalue weighted by atomic mass is 10.1. The second-order valence-electron chi connectivity index (χ2n) is 6.78. The first kappa shape index (κ1) is 20.4. The van der Waals surface area contributed by atoms with Crippen molar-refractivity contribution in [1.29, 1.82) is 0 Å². The Bertz CT molecular complexity index is 800. The largest absolute Gasteiger partial charge is 0.378 e. The van der Waals surface area contributed by atoms with Crippen LogP contribution in [0.3, 0.4) is 0 Å². The van der Waals surface area contributed by atoms with Crippen LogP contribution in [-0.2, 0) is 9.53 Å². The molecule has 1 unspecified atom stereocenters. The van der Waals surface area contributed by atoms with Crippen molar-refractivity contribution >= 4 is 28.2 Å². The molecule has 1 atom stereocenters. The molecule has 0 aliphatic carbocycles. The van der Waals surface area contributed by atoms with Crippen LogP contribution in [0.25, 0.3) is 11.1 Å². The Morgan fingerprint density at radius 1 is 1.21 bits per heavy atom. The molecule has 1 saturated heterocycles. The third-order valence-electron chi connectivity index (χ3n) is 4.61. The number of nitrogens with one attached hydrogen (secondary N) is 2. The van der Waals surface area contributed by atoms with E-state index < -0.39 is 6.04 Å². The molecule has 6 nitrogen and oxygen atoms in total. The molecule has 0 saturated carbocycles. The van der Waals surface area contributed by atoms with E-state index in [0.717, 1.165) is 35.6 Å². The molecule has 28 heavy (non-hydrogen) atoms. The lowest BCUT2D eigenvalue weighted by Crippen LogP contribution is -2.44. The van der Waals surface area contributed by atoms with E-state index in [1.54, 1.807) is 6.92 Å². The summed E-state index contributed by atoms with van der Waals surface area (Å²) in [6, 6.07) is 11.4. The summed E-state index contributed by atoms with van der Waals surface area (Å²) in [6.07, 6.45) is 0.862. The summed E-state index contributed by atoms with van der Waals surface area (Å²) < 4.78 is 5.47. The van der Waals surface area contributed by atoms with Gasteiger partial charge in [-0.3, -0.25) is 9.59 Å². The molecule has 1 aliphatic rings. The highest BCUT2D eigenvalue weighted by atomic mass is 32.1. The van der Waals surface area contributed by atoms with E-state index in [2.05, 4.69) is 27.7 Å². The smallest absolute Gasteiger partial charge is 0.262 e. The van der Waals surface area contributed by atoms with Gasteiger partial charge in [-0.1, -0.05) is 37.3 Å². The van der Waals surface area contributed by atoms with Gasteiger partial charge >= 0.3 is 0 Å². The van der Waals surface area contributed by atoms with Crippen molar-refractivity contribution in [2.24, 2.45) is 0 Å². The van der Waals surface area contributed by atoms with Crippen molar-refractivity contribution in [3.05, 3.63) is 41.3 Å². The van der Waals surface area contributed by atoms with Crippen LogP contribution in [0.15, 0.2) is 36.4 Å². The van der Waals surface area contributed by atoms with Crippen molar-refractivity contribution in [1.82, 2.24) is 10.6 Å². The predicted octanol–water partition coefficient (Wildman–Crippen LogP) is 2.90. The van der Waals surface area contributed by atoms with Crippen molar-refractivity contribution in [3.8, 4) is 11.1 Å². The summed E-state index contributed by atoms with van der Waals surface area (Å²) in [6.45, 7) is 7.28. The highest BCUT2D eigenvalue weighted by Gasteiger charge is 2.23. The molecule has 150 valence electrons. The number of thiophene rings is 1. The molecule has 0 spiro atoms. The standard InChI is InChI=1S/C21H27N3O3S/c1-3-9-22-19(25)15(2)23-20(26)18-14-17(16-7-5-4-6-8-16)21(28-18)24-10-12-27-13-11-24/h4-8,14-15H,3,9-13H2,1-2H3,(H,22,25)(H,23,26). The van der Waals surface area contributed by atoms with Gasteiger partial charge in [0.15, 0.2) is 0 Å². The quantitative estimate of drug-likeness (QED) is 0.748. The molecule has 0 bridgehead atoms. The number of nitrogens with zero attached hydrogens (tertiary/aromatic N) is 1. The SMILES string of the molecule is CCCNC(=O)C(C)NC(=O)c1cc(-c2ccccc2)c(N2CCOCC2)s1. The van der Waals surface area contributed by atoms with Gasteiger partial charge in [0, 0.05) is 25.2 Å².